The maximum Gasteiger partial charge on any atom is 0.146 e. The van der Waals surface area contributed by atoms with Crippen LogP contribution >= 0.6 is 0 Å². The Morgan fingerprint density at radius 1 is 0.885 bits per heavy atom. The summed E-state index contributed by atoms with van der Waals surface area (Å²) in [6.07, 6.45) is 4.05. The number of aromatic nitrogens is 3. The van der Waals surface area contributed by atoms with Crippen molar-refractivity contribution in [1.29, 1.82) is 0 Å². The number of hydrogen-bond acceptors (Lipinski definition) is 3. The fourth-order valence-corrected chi connectivity index (χ4v) is 3.10. The van der Waals surface area contributed by atoms with Gasteiger partial charge in [0.15, 0.2) is 0 Å². The minimum atomic E-state index is 0.305. The molecule has 3 rings (SSSR count). The van der Waals surface area contributed by atoms with E-state index in [0.29, 0.717) is 23.3 Å². The molecule has 0 aliphatic heterocycles. The number of aryl methyl sites for hydroxylation is 2. The second-order valence-electron chi connectivity index (χ2n) is 7.97. The SMILES string of the molecule is CC(C)CCc1cc(CCC(C)C)c(O)c(-n2nc3ccccc3n2)c1. The number of benzene rings is 2. The summed E-state index contributed by atoms with van der Waals surface area (Å²) in [4.78, 5) is 1.58. The highest BCUT2D eigenvalue weighted by molar-refractivity contribution is 5.73. The van der Waals surface area contributed by atoms with E-state index in [1.807, 2.05) is 30.3 Å². The van der Waals surface area contributed by atoms with Gasteiger partial charge >= 0.3 is 0 Å². The summed E-state index contributed by atoms with van der Waals surface area (Å²) in [6.45, 7) is 8.90. The van der Waals surface area contributed by atoms with E-state index in [1.165, 1.54) is 5.56 Å². The summed E-state index contributed by atoms with van der Waals surface area (Å²) >= 11 is 0. The minimum Gasteiger partial charge on any atom is -0.505 e. The molecule has 4 nitrogen and oxygen atoms in total. The minimum absolute atomic E-state index is 0.305. The third-order valence-corrected chi connectivity index (χ3v) is 4.73. The Bertz CT molecular complexity index is 847. The topological polar surface area (TPSA) is 50.9 Å². The quantitative estimate of drug-likeness (QED) is 0.628. The summed E-state index contributed by atoms with van der Waals surface area (Å²) in [7, 11) is 0. The number of aromatic hydroxyl groups is 1. The van der Waals surface area contributed by atoms with Crippen molar-refractivity contribution < 1.29 is 5.11 Å². The van der Waals surface area contributed by atoms with Crippen LogP contribution in [-0.4, -0.2) is 20.1 Å². The van der Waals surface area contributed by atoms with Gasteiger partial charge < -0.3 is 5.11 Å². The van der Waals surface area contributed by atoms with Crippen LogP contribution in [0.1, 0.15) is 51.7 Å². The highest BCUT2D eigenvalue weighted by Gasteiger charge is 2.15. The van der Waals surface area contributed by atoms with Gasteiger partial charge in [0.25, 0.3) is 0 Å². The Kier molecular flexibility index (Phi) is 5.60. The third kappa shape index (κ3) is 4.24. The monoisotopic (exact) mass is 351 g/mol. The lowest BCUT2D eigenvalue weighted by molar-refractivity contribution is 0.455. The first-order chi connectivity index (χ1) is 12.4. The average molecular weight is 351 g/mol. The molecule has 0 bridgehead atoms. The van der Waals surface area contributed by atoms with Gasteiger partial charge in [-0.2, -0.15) is 0 Å². The van der Waals surface area contributed by atoms with Crippen LogP contribution in [0.2, 0.25) is 0 Å². The standard InChI is InChI=1S/C22H29N3O/c1-15(2)9-11-17-13-18(12-10-16(3)4)22(26)21(14-17)25-23-19-7-5-6-8-20(19)24-25/h5-8,13-16,26H,9-12H2,1-4H3. The van der Waals surface area contributed by atoms with E-state index >= 15 is 0 Å². The number of rotatable bonds is 7. The molecule has 0 saturated heterocycles. The van der Waals surface area contributed by atoms with Crippen LogP contribution in [0.25, 0.3) is 16.7 Å². The van der Waals surface area contributed by atoms with E-state index in [1.54, 1.807) is 4.80 Å². The second kappa shape index (κ2) is 7.90. The van der Waals surface area contributed by atoms with E-state index in [4.69, 9.17) is 0 Å². The lowest BCUT2D eigenvalue weighted by Gasteiger charge is -2.14. The summed E-state index contributed by atoms with van der Waals surface area (Å²) in [5.41, 5.74) is 4.59. The third-order valence-electron chi connectivity index (χ3n) is 4.73. The fourth-order valence-electron chi connectivity index (χ4n) is 3.10. The predicted molar refractivity (Wildman–Crippen MR) is 107 cm³/mol. The molecule has 1 heterocycles. The van der Waals surface area contributed by atoms with Crippen molar-refractivity contribution in [3.05, 3.63) is 47.5 Å². The lowest BCUT2D eigenvalue weighted by atomic mass is 9.96. The van der Waals surface area contributed by atoms with Crippen molar-refractivity contribution in [2.45, 2.75) is 53.4 Å². The molecule has 0 saturated carbocycles. The number of phenolic OH excluding ortho intramolecular Hbond substituents is 1. The number of hydrogen-bond donors (Lipinski definition) is 1. The van der Waals surface area contributed by atoms with Gasteiger partial charge in [-0.3, -0.25) is 0 Å². The van der Waals surface area contributed by atoms with Gasteiger partial charge in [0.1, 0.15) is 22.5 Å². The summed E-state index contributed by atoms with van der Waals surface area (Å²) < 4.78 is 0. The normalized spacial score (nSPS) is 11.8. The number of nitrogens with zero attached hydrogens (tertiary/aromatic N) is 3. The highest BCUT2D eigenvalue weighted by Crippen LogP contribution is 2.30. The molecule has 26 heavy (non-hydrogen) atoms. The molecule has 2 aromatic carbocycles. The van der Waals surface area contributed by atoms with E-state index in [9.17, 15) is 5.11 Å². The zero-order valence-electron chi connectivity index (χ0n) is 16.2. The van der Waals surface area contributed by atoms with Crippen LogP contribution in [0.3, 0.4) is 0 Å². The Balaban J connectivity index is 2.03. The zero-order chi connectivity index (χ0) is 18.7. The Morgan fingerprint density at radius 2 is 1.46 bits per heavy atom. The van der Waals surface area contributed by atoms with Gasteiger partial charge in [-0.1, -0.05) is 45.9 Å². The average Bonchev–Trinajstić information content (AvgIpc) is 3.03. The first kappa shape index (κ1) is 18.4. The first-order valence-corrected chi connectivity index (χ1v) is 9.61. The molecule has 0 unspecified atom stereocenters. The Morgan fingerprint density at radius 3 is 2.04 bits per heavy atom. The lowest BCUT2D eigenvalue weighted by Crippen LogP contribution is -2.04. The molecule has 1 N–H and O–H groups in total. The summed E-state index contributed by atoms with van der Waals surface area (Å²) in [5.74, 6) is 1.55. The molecule has 1 aromatic heterocycles. The molecular weight excluding hydrogens is 322 g/mol. The summed E-state index contributed by atoms with van der Waals surface area (Å²) in [5, 5.41) is 20.0. The molecule has 4 heteroatoms. The molecule has 0 spiro atoms. The van der Waals surface area contributed by atoms with Crippen molar-refractivity contribution in [1.82, 2.24) is 15.0 Å². The zero-order valence-corrected chi connectivity index (χ0v) is 16.2. The molecule has 3 aromatic rings. The van der Waals surface area contributed by atoms with Gasteiger partial charge in [-0.05, 0) is 66.8 Å². The van der Waals surface area contributed by atoms with Crippen LogP contribution in [0.5, 0.6) is 5.75 Å². The van der Waals surface area contributed by atoms with Crippen molar-refractivity contribution in [3.8, 4) is 11.4 Å². The molecule has 0 amide bonds. The summed E-state index contributed by atoms with van der Waals surface area (Å²) in [6, 6.07) is 12.0. The Hall–Kier alpha value is -2.36. The van der Waals surface area contributed by atoms with E-state index in [0.717, 1.165) is 42.3 Å². The molecule has 138 valence electrons. The van der Waals surface area contributed by atoms with Crippen molar-refractivity contribution in [3.63, 3.8) is 0 Å². The molecule has 0 atom stereocenters. The van der Waals surface area contributed by atoms with Gasteiger partial charge in [0, 0.05) is 0 Å². The number of phenols is 1. The van der Waals surface area contributed by atoms with Crippen LogP contribution in [0.15, 0.2) is 36.4 Å². The van der Waals surface area contributed by atoms with Gasteiger partial charge in [-0.25, -0.2) is 0 Å². The molecule has 0 fully saturated rings. The van der Waals surface area contributed by atoms with E-state index in [2.05, 4.69) is 44.0 Å². The Labute approximate surface area is 155 Å². The smallest absolute Gasteiger partial charge is 0.146 e. The maximum absolute atomic E-state index is 10.9. The van der Waals surface area contributed by atoms with Gasteiger partial charge in [0.2, 0.25) is 0 Å². The van der Waals surface area contributed by atoms with Crippen molar-refractivity contribution in [2.24, 2.45) is 11.8 Å². The molecule has 0 radical (unpaired) electrons. The highest BCUT2D eigenvalue weighted by atomic mass is 16.3. The van der Waals surface area contributed by atoms with Crippen LogP contribution < -0.4 is 0 Å². The van der Waals surface area contributed by atoms with Crippen molar-refractivity contribution in [2.75, 3.05) is 0 Å². The number of fused-ring (bicyclic) bond motifs is 1. The van der Waals surface area contributed by atoms with Gasteiger partial charge in [0.05, 0.1) is 0 Å². The first-order valence-electron chi connectivity index (χ1n) is 9.61. The van der Waals surface area contributed by atoms with Crippen LogP contribution in [0, 0.1) is 11.8 Å². The second-order valence-corrected chi connectivity index (χ2v) is 7.97. The van der Waals surface area contributed by atoms with E-state index in [-0.39, 0.29) is 0 Å². The van der Waals surface area contributed by atoms with Crippen molar-refractivity contribution >= 4 is 11.0 Å². The van der Waals surface area contributed by atoms with Gasteiger partial charge in [-0.15, -0.1) is 15.0 Å². The van der Waals surface area contributed by atoms with E-state index < -0.39 is 0 Å². The largest absolute Gasteiger partial charge is 0.505 e. The maximum atomic E-state index is 10.9. The van der Waals surface area contributed by atoms with Crippen LogP contribution in [0.4, 0.5) is 0 Å². The fraction of sp³-hybridized carbons (Fsp3) is 0.455. The molecule has 0 aliphatic rings. The predicted octanol–water partition coefficient (Wildman–Crippen LogP) is 5.30. The molecule has 0 aliphatic carbocycles. The molecular formula is C22H29N3O. The van der Waals surface area contributed by atoms with Crippen LogP contribution in [-0.2, 0) is 12.8 Å².